The minimum atomic E-state index is -0.227. The quantitative estimate of drug-likeness (QED) is 0.512. The van der Waals surface area contributed by atoms with Crippen LogP contribution < -0.4 is 5.43 Å². The van der Waals surface area contributed by atoms with Gasteiger partial charge in [-0.15, -0.1) is 0 Å². The number of aryl methyl sites for hydroxylation is 2. The van der Waals surface area contributed by atoms with Crippen molar-refractivity contribution in [1.29, 1.82) is 0 Å². The molecule has 0 saturated heterocycles. The summed E-state index contributed by atoms with van der Waals surface area (Å²) in [7, 11) is 0. The number of carbonyl (C=O) groups excluding carboxylic acids is 1. The molecule has 4 heteroatoms. The number of aromatic nitrogens is 1. The summed E-state index contributed by atoms with van der Waals surface area (Å²) in [5, 5.41) is 4.14. The number of benzene rings is 2. The van der Waals surface area contributed by atoms with Gasteiger partial charge in [0.2, 0.25) is 0 Å². The van der Waals surface area contributed by atoms with E-state index in [4.69, 9.17) is 0 Å². The first-order valence-electron chi connectivity index (χ1n) is 8.88. The highest BCUT2D eigenvalue weighted by atomic mass is 16.2. The van der Waals surface area contributed by atoms with E-state index in [9.17, 15) is 4.79 Å². The van der Waals surface area contributed by atoms with Crippen LogP contribution in [0.5, 0.6) is 0 Å². The van der Waals surface area contributed by atoms with Crippen molar-refractivity contribution >= 4 is 17.7 Å². The van der Waals surface area contributed by atoms with E-state index < -0.39 is 0 Å². The average molecular weight is 357 g/mol. The Hall–Kier alpha value is -3.40. The Morgan fingerprint density at radius 2 is 1.56 bits per heavy atom. The van der Waals surface area contributed by atoms with Gasteiger partial charge in [0.05, 0.1) is 5.71 Å². The Bertz CT molecular complexity index is 961. The second-order valence-electron chi connectivity index (χ2n) is 6.44. The minimum Gasteiger partial charge on any atom is -0.319 e. The summed E-state index contributed by atoms with van der Waals surface area (Å²) >= 11 is 0. The van der Waals surface area contributed by atoms with Crippen LogP contribution in [0.2, 0.25) is 0 Å². The van der Waals surface area contributed by atoms with E-state index in [1.54, 1.807) is 0 Å². The van der Waals surface area contributed by atoms with Crippen LogP contribution in [0.3, 0.4) is 0 Å². The number of hydrazone groups is 1. The summed E-state index contributed by atoms with van der Waals surface area (Å²) < 4.78 is 2.15. The molecule has 1 N–H and O–H groups in total. The van der Waals surface area contributed by atoms with Gasteiger partial charge in [-0.2, -0.15) is 5.10 Å². The Labute approximate surface area is 159 Å². The molecule has 4 nitrogen and oxygen atoms in total. The fourth-order valence-corrected chi connectivity index (χ4v) is 2.86. The SMILES string of the molecule is CC(/C=C/c1ccccc1)=N\NC(=O)c1ccc(-n2c(C)ccc2C)cc1. The number of hydrogen-bond donors (Lipinski definition) is 1. The highest BCUT2D eigenvalue weighted by molar-refractivity contribution is 5.99. The molecule has 1 heterocycles. The van der Waals surface area contributed by atoms with Gasteiger partial charge in [-0.05, 0) is 68.8 Å². The maximum absolute atomic E-state index is 12.3. The lowest BCUT2D eigenvalue weighted by molar-refractivity contribution is 0.0955. The van der Waals surface area contributed by atoms with Crippen molar-refractivity contribution in [2.45, 2.75) is 20.8 Å². The van der Waals surface area contributed by atoms with Crippen LogP contribution in [0.15, 0.2) is 77.9 Å². The van der Waals surface area contributed by atoms with Crippen LogP contribution >= 0.6 is 0 Å². The molecule has 1 amide bonds. The van der Waals surface area contributed by atoms with E-state index in [0.717, 1.165) is 28.4 Å². The van der Waals surface area contributed by atoms with Gasteiger partial charge in [0, 0.05) is 22.6 Å². The molecular formula is C23H23N3O. The van der Waals surface area contributed by atoms with E-state index in [2.05, 4.69) is 41.1 Å². The third kappa shape index (κ3) is 4.61. The lowest BCUT2D eigenvalue weighted by atomic mass is 10.2. The molecule has 1 aromatic heterocycles. The zero-order valence-corrected chi connectivity index (χ0v) is 15.8. The third-order valence-electron chi connectivity index (χ3n) is 4.31. The molecule has 2 aromatic carbocycles. The molecule has 136 valence electrons. The largest absolute Gasteiger partial charge is 0.319 e. The fraction of sp³-hybridized carbons (Fsp3) is 0.130. The predicted octanol–water partition coefficient (Wildman–Crippen LogP) is 4.91. The van der Waals surface area contributed by atoms with Crippen LogP contribution in [0, 0.1) is 13.8 Å². The fourth-order valence-electron chi connectivity index (χ4n) is 2.86. The Morgan fingerprint density at radius 3 is 2.19 bits per heavy atom. The number of amides is 1. The van der Waals surface area contributed by atoms with Crippen LogP contribution in [-0.2, 0) is 0 Å². The second-order valence-corrected chi connectivity index (χ2v) is 6.44. The molecule has 0 saturated carbocycles. The maximum atomic E-state index is 12.3. The molecule has 0 radical (unpaired) electrons. The lowest BCUT2D eigenvalue weighted by Crippen LogP contribution is -2.18. The van der Waals surface area contributed by atoms with Crippen molar-refractivity contribution in [2.75, 3.05) is 0 Å². The molecule has 0 atom stereocenters. The third-order valence-corrected chi connectivity index (χ3v) is 4.31. The Kier molecular flexibility index (Phi) is 5.67. The van der Waals surface area contributed by atoms with Gasteiger partial charge in [0.15, 0.2) is 0 Å². The molecule has 3 aromatic rings. The Morgan fingerprint density at radius 1 is 0.926 bits per heavy atom. The minimum absolute atomic E-state index is 0.227. The van der Waals surface area contributed by atoms with Crippen molar-refractivity contribution in [1.82, 2.24) is 9.99 Å². The van der Waals surface area contributed by atoms with Crippen LogP contribution in [0.25, 0.3) is 11.8 Å². The van der Waals surface area contributed by atoms with E-state index >= 15 is 0 Å². The smallest absolute Gasteiger partial charge is 0.271 e. The molecular weight excluding hydrogens is 334 g/mol. The highest BCUT2D eigenvalue weighted by Crippen LogP contribution is 2.16. The second kappa shape index (κ2) is 8.32. The van der Waals surface area contributed by atoms with Crippen LogP contribution in [0.1, 0.15) is 34.2 Å². The van der Waals surface area contributed by atoms with E-state index in [1.165, 1.54) is 0 Å². The van der Waals surface area contributed by atoms with E-state index in [1.807, 2.05) is 73.7 Å². The van der Waals surface area contributed by atoms with Crippen LogP contribution in [0.4, 0.5) is 0 Å². The molecule has 0 spiro atoms. The zero-order chi connectivity index (χ0) is 19.2. The summed E-state index contributed by atoms with van der Waals surface area (Å²) in [5.41, 5.74) is 8.35. The zero-order valence-electron chi connectivity index (χ0n) is 15.8. The summed E-state index contributed by atoms with van der Waals surface area (Å²) in [6, 6.07) is 21.6. The normalized spacial score (nSPS) is 11.7. The topological polar surface area (TPSA) is 46.4 Å². The van der Waals surface area contributed by atoms with Gasteiger partial charge in [-0.25, -0.2) is 5.43 Å². The number of carbonyl (C=O) groups is 1. The van der Waals surface area contributed by atoms with Crippen molar-refractivity contribution in [2.24, 2.45) is 5.10 Å². The molecule has 0 bridgehead atoms. The van der Waals surface area contributed by atoms with Gasteiger partial charge in [-0.3, -0.25) is 4.79 Å². The number of nitrogens with zero attached hydrogens (tertiary/aromatic N) is 2. The summed E-state index contributed by atoms with van der Waals surface area (Å²) in [6.45, 7) is 5.97. The van der Waals surface area contributed by atoms with Crippen molar-refractivity contribution in [3.8, 4) is 5.69 Å². The van der Waals surface area contributed by atoms with Crippen molar-refractivity contribution in [3.63, 3.8) is 0 Å². The van der Waals surface area contributed by atoms with Crippen LogP contribution in [-0.4, -0.2) is 16.2 Å². The predicted molar refractivity (Wildman–Crippen MR) is 111 cm³/mol. The van der Waals surface area contributed by atoms with Crippen molar-refractivity contribution < 1.29 is 4.79 Å². The summed E-state index contributed by atoms with van der Waals surface area (Å²) in [6.07, 6.45) is 3.83. The molecule has 3 rings (SSSR count). The first kappa shape index (κ1) is 18.4. The van der Waals surface area contributed by atoms with E-state index in [-0.39, 0.29) is 5.91 Å². The lowest BCUT2D eigenvalue weighted by Gasteiger charge is -2.10. The van der Waals surface area contributed by atoms with Gasteiger partial charge >= 0.3 is 0 Å². The van der Waals surface area contributed by atoms with Gasteiger partial charge in [0.1, 0.15) is 0 Å². The Balaban J connectivity index is 1.65. The number of nitrogens with one attached hydrogen (secondary N) is 1. The monoisotopic (exact) mass is 357 g/mol. The summed E-state index contributed by atoms with van der Waals surface area (Å²) in [5.74, 6) is -0.227. The number of allylic oxidation sites excluding steroid dienone is 1. The summed E-state index contributed by atoms with van der Waals surface area (Å²) in [4.78, 5) is 12.3. The maximum Gasteiger partial charge on any atom is 0.271 e. The molecule has 0 fully saturated rings. The number of hydrogen-bond acceptors (Lipinski definition) is 2. The average Bonchev–Trinajstić information content (AvgIpc) is 3.03. The molecule has 0 aliphatic rings. The standard InChI is InChI=1S/C23H23N3O/c1-17(9-12-20-7-5-4-6-8-20)24-25-23(27)21-13-15-22(16-14-21)26-18(2)10-11-19(26)3/h4-16H,1-3H3,(H,25,27)/b12-9+,24-17+. The van der Waals surface area contributed by atoms with E-state index in [0.29, 0.717) is 5.56 Å². The van der Waals surface area contributed by atoms with Gasteiger partial charge in [0.25, 0.3) is 5.91 Å². The molecule has 0 aliphatic carbocycles. The highest BCUT2D eigenvalue weighted by Gasteiger charge is 2.07. The molecule has 0 unspecified atom stereocenters. The van der Waals surface area contributed by atoms with Crippen molar-refractivity contribution in [3.05, 3.63) is 95.3 Å². The van der Waals surface area contributed by atoms with Gasteiger partial charge < -0.3 is 4.57 Å². The first-order chi connectivity index (χ1) is 13.0. The molecule has 0 aliphatic heterocycles. The first-order valence-corrected chi connectivity index (χ1v) is 8.88. The van der Waals surface area contributed by atoms with Gasteiger partial charge in [-0.1, -0.05) is 36.4 Å². The number of rotatable bonds is 5. The molecule has 27 heavy (non-hydrogen) atoms.